The van der Waals surface area contributed by atoms with Gasteiger partial charge in [0, 0.05) is 11.6 Å². The molecule has 4 aromatic rings. The highest BCUT2D eigenvalue weighted by atomic mass is 16.3. The van der Waals surface area contributed by atoms with Crippen LogP contribution in [0.15, 0.2) is 42.7 Å². The minimum absolute atomic E-state index is 0.208. The van der Waals surface area contributed by atoms with Crippen LogP contribution in [0.3, 0.4) is 0 Å². The average molecular weight is 250 g/mol. The molecule has 5 nitrogen and oxygen atoms in total. The number of aromatic amines is 2. The van der Waals surface area contributed by atoms with Gasteiger partial charge in [-0.05, 0) is 18.2 Å². The Kier molecular flexibility index (Phi) is 1.91. The Morgan fingerprint density at radius 2 is 2.00 bits per heavy atom. The van der Waals surface area contributed by atoms with Crippen LogP contribution in [-0.4, -0.2) is 25.0 Å². The predicted octanol–water partition coefficient (Wildman–Crippen LogP) is 2.81. The largest absolute Gasteiger partial charge is 0.507 e. The van der Waals surface area contributed by atoms with Crippen molar-refractivity contribution in [2.24, 2.45) is 0 Å². The van der Waals surface area contributed by atoms with E-state index in [9.17, 15) is 5.11 Å². The van der Waals surface area contributed by atoms with E-state index in [1.165, 1.54) is 0 Å². The number of fused-ring (bicyclic) bond motifs is 3. The fourth-order valence-electron chi connectivity index (χ4n) is 2.27. The van der Waals surface area contributed by atoms with Gasteiger partial charge in [0.25, 0.3) is 0 Å². The maximum absolute atomic E-state index is 9.88. The second-order valence-electron chi connectivity index (χ2n) is 4.36. The van der Waals surface area contributed by atoms with Crippen LogP contribution < -0.4 is 0 Å². The van der Waals surface area contributed by atoms with Gasteiger partial charge in [-0.3, -0.25) is 0 Å². The summed E-state index contributed by atoms with van der Waals surface area (Å²) in [5.74, 6) is 0.850. The molecule has 3 aromatic heterocycles. The van der Waals surface area contributed by atoms with Gasteiger partial charge in [-0.2, -0.15) is 0 Å². The Hall–Kier alpha value is -2.82. The first-order valence-corrected chi connectivity index (χ1v) is 5.93. The van der Waals surface area contributed by atoms with Gasteiger partial charge in [0.2, 0.25) is 0 Å². The van der Waals surface area contributed by atoms with Crippen LogP contribution in [0, 0.1) is 0 Å². The molecule has 3 N–H and O–H groups in total. The lowest BCUT2D eigenvalue weighted by Crippen LogP contribution is -1.80. The number of para-hydroxylation sites is 1. The van der Waals surface area contributed by atoms with Gasteiger partial charge in [0.05, 0.1) is 17.3 Å². The maximum Gasteiger partial charge on any atom is 0.142 e. The Balaban J connectivity index is 2.04. The molecule has 19 heavy (non-hydrogen) atoms. The van der Waals surface area contributed by atoms with E-state index in [2.05, 4.69) is 19.9 Å². The number of aromatic nitrogens is 4. The summed E-state index contributed by atoms with van der Waals surface area (Å²) >= 11 is 0. The molecule has 0 radical (unpaired) electrons. The number of aromatic hydroxyl groups is 1. The summed E-state index contributed by atoms with van der Waals surface area (Å²) in [7, 11) is 0. The Morgan fingerprint density at radius 1 is 1.11 bits per heavy atom. The molecule has 0 fully saturated rings. The SMILES string of the molecule is Oc1ccccc1-c1nc2c(cnc3[nH]ccc32)[nH]1. The highest BCUT2D eigenvalue weighted by molar-refractivity contribution is 6.01. The summed E-state index contributed by atoms with van der Waals surface area (Å²) in [5.41, 5.74) is 3.19. The fraction of sp³-hybridized carbons (Fsp3) is 0. The van der Waals surface area contributed by atoms with E-state index in [0.717, 1.165) is 22.1 Å². The molecular formula is C14H10N4O. The molecule has 5 heteroatoms. The van der Waals surface area contributed by atoms with Gasteiger partial charge >= 0.3 is 0 Å². The Morgan fingerprint density at radius 3 is 2.89 bits per heavy atom. The first-order valence-electron chi connectivity index (χ1n) is 5.93. The summed E-state index contributed by atoms with van der Waals surface area (Å²) < 4.78 is 0. The van der Waals surface area contributed by atoms with Crippen LogP contribution in [-0.2, 0) is 0 Å². The van der Waals surface area contributed by atoms with Crippen molar-refractivity contribution in [1.29, 1.82) is 0 Å². The molecule has 1 aromatic carbocycles. The van der Waals surface area contributed by atoms with Gasteiger partial charge in [-0.25, -0.2) is 9.97 Å². The number of hydrogen-bond acceptors (Lipinski definition) is 3. The Bertz CT molecular complexity index is 891. The maximum atomic E-state index is 9.88. The molecule has 0 bridgehead atoms. The minimum Gasteiger partial charge on any atom is -0.507 e. The van der Waals surface area contributed by atoms with E-state index in [1.807, 2.05) is 24.4 Å². The number of pyridine rings is 1. The van der Waals surface area contributed by atoms with Gasteiger partial charge in [-0.15, -0.1) is 0 Å². The third-order valence-electron chi connectivity index (χ3n) is 3.19. The van der Waals surface area contributed by atoms with E-state index < -0.39 is 0 Å². The van der Waals surface area contributed by atoms with Crippen LogP contribution in [0.1, 0.15) is 0 Å². The van der Waals surface area contributed by atoms with Crippen LogP contribution in [0.4, 0.5) is 0 Å². The van der Waals surface area contributed by atoms with Crippen molar-refractivity contribution in [2.75, 3.05) is 0 Å². The van der Waals surface area contributed by atoms with E-state index >= 15 is 0 Å². The summed E-state index contributed by atoms with van der Waals surface area (Å²) in [6, 6.07) is 9.07. The molecule has 0 atom stereocenters. The van der Waals surface area contributed by atoms with Crippen molar-refractivity contribution in [2.45, 2.75) is 0 Å². The van der Waals surface area contributed by atoms with Crippen molar-refractivity contribution < 1.29 is 5.11 Å². The molecule has 0 saturated heterocycles. The molecule has 0 amide bonds. The zero-order chi connectivity index (χ0) is 12.8. The van der Waals surface area contributed by atoms with Crippen LogP contribution in [0.5, 0.6) is 5.75 Å². The van der Waals surface area contributed by atoms with E-state index in [1.54, 1.807) is 18.3 Å². The number of nitrogens with zero attached hydrogens (tertiary/aromatic N) is 2. The molecule has 0 aliphatic heterocycles. The standard InChI is InChI=1S/C14H10N4O/c19-11-4-2-1-3-8(11)14-17-10-7-16-13-9(5-6-15-13)12(10)18-14/h1-7,19H,(H,15,16)(H,17,18). The molecule has 0 aliphatic carbocycles. The summed E-state index contributed by atoms with van der Waals surface area (Å²) in [6.45, 7) is 0. The van der Waals surface area contributed by atoms with Gasteiger partial charge in [-0.1, -0.05) is 12.1 Å². The number of hydrogen-bond donors (Lipinski definition) is 3. The van der Waals surface area contributed by atoms with E-state index in [-0.39, 0.29) is 5.75 Å². The summed E-state index contributed by atoms with van der Waals surface area (Å²) in [6.07, 6.45) is 3.58. The molecular weight excluding hydrogens is 240 g/mol. The molecule has 0 unspecified atom stereocenters. The van der Waals surface area contributed by atoms with Crippen molar-refractivity contribution in [3.63, 3.8) is 0 Å². The lowest BCUT2D eigenvalue weighted by molar-refractivity contribution is 0.477. The highest BCUT2D eigenvalue weighted by Crippen LogP contribution is 2.29. The first-order chi connectivity index (χ1) is 9.33. The molecule has 3 heterocycles. The number of benzene rings is 1. The second-order valence-corrected chi connectivity index (χ2v) is 4.36. The molecule has 0 aliphatic rings. The van der Waals surface area contributed by atoms with Gasteiger partial charge in [0.1, 0.15) is 22.7 Å². The van der Waals surface area contributed by atoms with Crippen molar-refractivity contribution in [3.05, 3.63) is 42.7 Å². The minimum atomic E-state index is 0.208. The number of nitrogens with one attached hydrogen (secondary N) is 2. The topological polar surface area (TPSA) is 77.6 Å². The summed E-state index contributed by atoms with van der Waals surface area (Å²) in [4.78, 5) is 15.1. The normalized spacial score (nSPS) is 11.4. The van der Waals surface area contributed by atoms with Crippen molar-refractivity contribution >= 4 is 22.1 Å². The van der Waals surface area contributed by atoms with Crippen molar-refractivity contribution in [1.82, 2.24) is 19.9 Å². The predicted molar refractivity (Wildman–Crippen MR) is 72.8 cm³/mol. The van der Waals surface area contributed by atoms with Crippen molar-refractivity contribution in [3.8, 4) is 17.1 Å². The zero-order valence-corrected chi connectivity index (χ0v) is 9.88. The number of H-pyrrole nitrogens is 2. The number of imidazole rings is 1. The average Bonchev–Trinajstić information content (AvgIpc) is 3.04. The fourth-order valence-corrected chi connectivity index (χ4v) is 2.27. The molecule has 0 saturated carbocycles. The molecule has 92 valence electrons. The zero-order valence-electron chi connectivity index (χ0n) is 9.88. The summed E-state index contributed by atoms with van der Waals surface area (Å²) in [5, 5.41) is 10.8. The number of rotatable bonds is 1. The second kappa shape index (κ2) is 3.58. The van der Waals surface area contributed by atoms with Crippen LogP contribution in [0.25, 0.3) is 33.5 Å². The quantitative estimate of drug-likeness (QED) is 0.486. The number of phenols is 1. The lowest BCUT2D eigenvalue weighted by Gasteiger charge is -1.98. The third-order valence-corrected chi connectivity index (χ3v) is 3.19. The van der Waals surface area contributed by atoms with E-state index in [0.29, 0.717) is 11.4 Å². The molecule has 0 spiro atoms. The van der Waals surface area contributed by atoms with Gasteiger partial charge in [0.15, 0.2) is 0 Å². The monoisotopic (exact) mass is 250 g/mol. The van der Waals surface area contributed by atoms with E-state index in [4.69, 9.17) is 0 Å². The Labute approximate surface area is 108 Å². The van der Waals surface area contributed by atoms with Crippen LogP contribution >= 0.6 is 0 Å². The highest BCUT2D eigenvalue weighted by Gasteiger charge is 2.11. The molecule has 4 rings (SSSR count). The lowest BCUT2D eigenvalue weighted by atomic mass is 10.2. The number of phenolic OH excluding ortho intramolecular Hbond substituents is 1. The van der Waals surface area contributed by atoms with Gasteiger partial charge < -0.3 is 15.1 Å². The third kappa shape index (κ3) is 1.41. The first kappa shape index (κ1) is 10.1. The smallest absolute Gasteiger partial charge is 0.142 e. The van der Waals surface area contributed by atoms with Crippen LogP contribution in [0.2, 0.25) is 0 Å².